The van der Waals surface area contributed by atoms with Gasteiger partial charge in [0.05, 0.1) is 0 Å². The van der Waals surface area contributed by atoms with E-state index in [0.717, 1.165) is 37.8 Å². The van der Waals surface area contributed by atoms with Crippen LogP contribution in [0.25, 0.3) is 0 Å². The lowest BCUT2D eigenvalue weighted by Gasteiger charge is -2.21. The van der Waals surface area contributed by atoms with Crippen LogP contribution in [0.1, 0.15) is 19.3 Å². The lowest BCUT2D eigenvalue weighted by Crippen LogP contribution is -2.17. The highest BCUT2D eigenvalue weighted by molar-refractivity contribution is 5.58. The van der Waals surface area contributed by atoms with Gasteiger partial charge in [0.2, 0.25) is 0 Å². The fourth-order valence-electron chi connectivity index (χ4n) is 2.08. The van der Waals surface area contributed by atoms with E-state index in [9.17, 15) is 4.79 Å². The lowest BCUT2D eigenvalue weighted by atomic mass is 9.94. The largest absolute Gasteiger partial charge is 0.381 e. The van der Waals surface area contributed by atoms with Crippen molar-refractivity contribution in [3.63, 3.8) is 0 Å². The molecule has 0 bridgehead atoms. The Morgan fingerprint density at radius 3 is 2.55 bits per heavy atom. The van der Waals surface area contributed by atoms with Gasteiger partial charge >= 0.3 is 0 Å². The van der Waals surface area contributed by atoms with Crippen molar-refractivity contribution >= 4 is 6.29 Å². The standard InChI is InChI=1S/C9H14O2/c10-6-8-5-9(8)7-1-3-11-4-2-7/h6-9H,1-5H2. The van der Waals surface area contributed by atoms with E-state index in [0.29, 0.717) is 5.92 Å². The Morgan fingerprint density at radius 1 is 1.27 bits per heavy atom. The van der Waals surface area contributed by atoms with E-state index in [-0.39, 0.29) is 0 Å². The van der Waals surface area contributed by atoms with E-state index in [1.165, 1.54) is 12.8 Å². The van der Waals surface area contributed by atoms with Crippen molar-refractivity contribution in [2.75, 3.05) is 13.2 Å². The molecule has 0 spiro atoms. The van der Waals surface area contributed by atoms with Gasteiger partial charge in [-0.3, -0.25) is 0 Å². The van der Waals surface area contributed by atoms with Gasteiger partial charge in [-0.25, -0.2) is 0 Å². The fraction of sp³-hybridized carbons (Fsp3) is 0.889. The second-order valence-corrected chi connectivity index (χ2v) is 3.65. The maximum absolute atomic E-state index is 10.4. The van der Waals surface area contributed by atoms with Crippen molar-refractivity contribution in [2.45, 2.75) is 19.3 Å². The molecule has 1 aliphatic carbocycles. The molecule has 0 aromatic rings. The topological polar surface area (TPSA) is 26.3 Å². The molecule has 0 amide bonds. The first kappa shape index (κ1) is 7.29. The Balaban J connectivity index is 1.81. The zero-order valence-electron chi connectivity index (χ0n) is 6.66. The SMILES string of the molecule is O=CC1CC1C1CCOCC1. The molecule has 11 heavy (non-hydrogen) atoms. The molecule has 0 aromatic carbocycles. The summed E-state index contributed by atoms with van der Waals surface area (Å²) in [6.07, 6.45) is 4.62. The number of rotatable bonds is 2. The van der Waals surface area contributed by atoms with Crippen molar-refractivity contribution in [1.82, 2.24) is 0 Å². The molecule has 1 heterocycles. The minimum Gasteiger partial charge on any atom is -0.381 e. The maximum Gasteiger partial charge on any atom is 0.123 e. The summed E-state index contributed by atoms with van der Waals surface area (Å²) in [5.41, 5.74) is 0. The van der Waals surface area contributed by atoms with Gasteiger partial charge in [0, 0.05) is 19.1 Å². The molecule has 62 valence electrons. The molecule has 0 radical (unpaired) electrons. The Bertz CT molecular complexity index is 150. The molecular formula is C9H14O2. The van der Waals surface area contributed by atoms with Crippen molar-refractivity contribution in [3.05, 3.63) is 0 Å². The van der Waals surface area contributed by atoms with Gasteiger partial charge < -0.3 is 9.53 Å². The molecule has 2 nitrogen and oxygen atoms in total. The molecule has 2 fully saturated rings. The van der Waals surface area contributed by atoms with Crippen LogP contribution in [0, 0.1) is 17.8 Å². The van der Waals surface area contributed by atoms with Gasteiger partial charge in [0.25, 0.3) is 0 Å². The second kappa shape index (κ2) is 2.94. The summed E-state index contributed by atoms with van der Waals surface area (Å²) in [7, 11) is 0. The summed E-state index contributed by atoms with van der Waals surface area (Å²) < 4.78 is 5.26. The van der Waals surface area contributed by atoms with Crippen LogP contribution >= 0.6 is 0 Å². The molecule has 0 N–H and O–H groups in total. The average Bonchev–Trinajstić information content (AvgIpc) is 2.85. The van der Waals surface area contributed by atoms with Gasteiger partial charge in [0.15, 0.2) is 0 Å². The lowest BCUT2D eigenvalue weighted by molar-refractivity contribution is -0.109. The number of ether oxygens (including phenoxy) is 1. The summed E-state index contributed by atoms with van der Waals surface area (Å²) >= 11 is 0. The highest BCUT2D eigenvalue weighted by atomic mass is 16.5. The van der Waals surface area contributed by atoms with Crippen LogP contribution in [0.4, 0.5) is 0 Å². The van der Waals surface area contributed by atoms with Gasteiger partial charge in [-0.05, 0) is 31.1 Å². The summed E-state index contributed by atoms with van der Waals surface area (Å²) in [4.78, 5) is 10.4. The molecule has 2 heteroatoms. The third kappa shape index (κ3) is 1.45. The van der Waals surface area contributed by atoms with Gasteiger partial charge in [-0.2, -0.15) is 0 Å². The molecule has 2 rings (SSSR count). The van der Waals surface area contributed by atoms with Crippen LogP contribution in [0.15, 0.2) is 0 Å². The van der Waals surface area contributed by atoms with Crippen LogP contribution in [0.2, 0.25) is 0 Å². The zero-order chi connectivity index (χ0) is 7.68. The number of carbonyl (C=O) groups is 1. The van der Waals surface area contributed by atoms with Gasteiger partial charge in [-0.15, -0.1) is 0 Å². The van der Waals surface area contributed by atoms with Crippen molar-refractivity contribution in [1.29, 1.82) is 0 Å². The third-order valence-corrected chi connectivity index (χ3v) is 2.94. The highest BCUT2D eigenvalue weighted by Gasteiger charge is 2.42. The number of carbonyl (C=O) groups excluding carboxylic acids is 1. The first-order valence-corrected chi connectivity index (χ1v) is 4.45. The molecule has 1 saturated carbocycles. The number of hydrogen-bond acceptors (Lipinski definition) is 2. The summed E-state index contributed by atoms with van der Waals surface area (Å²) in [6.45, 7) is 1.82. The first-order chi connectivity index (χ1) is 5.42. The van der Waals surface area contributed by atoms with Crippen LogP contribution in [-0.2, 0) is 9.53 Å². The Morgan fingerprint density at radius 2 is 2.00 bits per heavy atom. The zero-order valence-corrected chi connectivity index (χ0v) is 6.66. The minimum absolute atomic E-state index is 0.401. The minimum atomic E-state index is 0.401. The molecule has 1 aliphatic heterocycles. The normalized spacial score (nSPS) is 38.5. The van der Waals surface area contributed by atoms with Crippen molar-refractivity contribution in [2.24, 2.45) is 17.8 Å². The maximum atomic E-state index is 10.4. The van der Waals surface area contributed by atoms with Crippen LogP contribution < -0.4 is 0 Å². The predicted octanol–water partition coefficient (Wildman–Crippen LogP) is 1.25. The monoisotopic (exact) mass is 154 g/mol. The Hall–Kier alpha value is -0.370. The van der Waals surface area contributed by atoms with E-state index in [1.54, 1.807) is 0 Å². The molecule has 2 aliphatic rings. The van der Waals surface area contributed by atoms with Crippen molar-refractivity contribution in [3.8, 4) is 0 Å². The molecule has 0 aromatic heterocycles. The van der Waals surface area contributed by atoms with E-state index in [4.69, 9.17) is 4.74 Å². The van der Waals surface area contributed by atoms with E-state index < -0.39 is 0 Å². The quantitative estimate of drug-likeness (QED) is 0.559. The van der Waals surface area contributed by atoms with Crippen molar-refractivity contribution < 1.29 is 9.53 Å². The second-order valence-electron chi connectivity index (χ2n) is 3.65. The van der Waals surface area contributed by atoms with Crippen LogP contribution in [-0.4, -0.2) is 19.5 Å². The van der Waals surface area contributed by atoms with E-state index >= 15 is 0 Å². The van der Waals surface area contributed by atoms with Crippen LogP contribution in [0.3, 0.4) is 0 Å². The predicted molar refractivity (Wildman–Crippen MR) is 41.2 cm³/mol. The number of aldehydes is 1. The smallest absolute Gasteiger partial charge is 0.123 e. The molecular weight excluding hydrogens is 140 g/mol. The van der Waals surface area contributed by atoms with E-state index in [2.05, 4.69) is 0 Å². The Kier molecular flexibility index (Phi) is 1.95. The Labute approximate surface area is 66.9 Å². The van der Waals surface area contributed by atoms with Crippen LogP contribution in [0.5, 0.6) is 0 Å². The summed E-state index contributed by atoms with van der Waals surface area (Å²) in [5, 5.41) is 0. The molecule has 2 atom stereocenters. The first-order valence-electron chi connectivity index (χ1n) is 4.45. The summed E-state index contributed by atoms with van der Waals surface area (Å²) in [5.74, 6) is 1.91. The number of hydrogen-bond donors (Lipinski definition) is 0. The summed E-state index contributed by atoms with van der Waals surface area (Å²) in [6, 6.07) is 0. The third-order valence-electron chi connectivity index (χ3n) is 2.94. The fourth-order valence-corrected chi connectivity index (χ4v) is 2.08. The average molecular weight is 154 g/mol. The van der Waals surface area contributed by atoms with Gasteiger partial charge in [0.1, 0.15) is 6.29 Å². The van der Waals surface area contributed by atoms with E-state index in [1.807, 2.05) is 0 Å². The molecule has 2 unspecified atom stereocenters. The highest BCUT2D eigenvalue weighted by Crippen LogP contribution is 2.46. The van der Waals surface area contributed by atoms with Gasteiger partial charge in [-0.1, -0.05) is 0 Å². The molecule has 1 saturated heterocycles.